The maximum atomic E-state index is 13.6. The van der Waals surface area contributed by atoms with Crippen LogP contribution in [0.25, 0.3) is 0 Å². The van der Waals surface area contributed by atoms with Gasteiger partial charge in [-0.05, 0) is 87.7 Å². The zero-order valence-corrected chi connectivity index (χ0v) is 21.8. The normalized spacial score (nSPS) is 23.2. The lowest BCUT2D eigenvalue weighted by Gasteiger charge is -2.46. The molecule has 1 saturated carbocycles. The van der Waals surface area contributed by atoms with E-state index in [9.17, 15) is 14.0 Å². The predicted octanol–water partition coefficient (Wildman–Crippen LogP) is 4.87. The average Bonchev–Trinajstić information content (AvgIpc) is 2.92. The van der Waals surface area contributed by atoms with Crippen molar-refractivity contribution in [3.8, 4) is 0 Å². The smallest absolute Gasteiger partial charge is 0.407 e. The van der Waals surface area contributed by atoms with Gasteiger partial charge < -0.3 is 15.4 Å². The third kappa shape index (κ3) is 8.37. The van der Waals surface area contributed by atoms with Crippen molar-refractivity contribution in [1.29, 1.82) is 0 Å². The summed E-state index contributed by atoms with van der Waals surface area (Å²) in [5.74, 6) is 0.0657. The minimum absolute atomic E-state index is 0.0361. The first-order valence-electron chi connectivity index (χ1n) is 13.7. The molecule has 37 heavy (non-hydrogen) atoms. The molecule has 2 aromatic carbocycles. The Morgan fingerprint density at radius 1 is 1.00 bits per heavy atom. The van der Waals surface area contributed by atoms with Crippen molar-refractivity contribution in [1.82, 2.24) is 15.5 Å². The second kappa shape index (κ2) is 13.7. The topological polar surface area (TPSA) is 70.7 Å². The summed E-state index contributed by atoms with van der Waals surface area (Å²) in [6, 6.07) is 16.9. The first kappa shape index (κ1) is 27.3. The number of alkyl carbamates (subject to hydrolysis) is 1. The van der Waals surface area contributed by atoms with E-state index in [1.54, 1.807) is 6.92 Å². The SMILES string of the molecule is CC(=O)CN[C@@H]1CC[C@@H](NC(=O)OCc2ccccc2)[C@@H](C(Cc2ccc(F)cc2)N2CCCCC2)C1. The van der Waals surface area contributed by atoms with Gasteiger partial charge in [-0.2, -0.15) is 0 Å². The second-order valence-corrected chi connectivity index (χ2v) is 10.6. The highest BCUT2D eigenvalue weighted by molar-refractivity contribution is 5.77. The van der Waals surface area contributed by atoms with Gasteiger partial charge in [0.15, 0.2) is 0 Å². The number of carbonyl (C=O) groups excluding carboxylic acids is 2. The lowest BCUT2D eigenvalue weighted by Crippen LogP contribution is -2.57. The molecule has 1 saturated heterocycles. The summed E-state index contributed by atoms with van der Waals surface area (Å²) in [6.07, 6.45) is 6.52. The number of nitrogens with zero attached hydrogens (tertiary/aromatic N) is 1. The molecule has 2 fully saturated rings. The number of nitrogens with one attached hydrogen (secondary N) is 2. The third-order valence-electron chi connectivity index (χ3n) is 7.77. The minimum Gasteiger partial charge on any atom is -0.445 e. The third-order valence-corrected chi connectivity index (χ3v) is 7.77. The fourth-order valence-corrected chi connectivity index (χ4v) is 5.86. The van der Waals surface area contributed by atoms with Gasteiger partial charge in [-0.25, -0.2) is 9.18 Å². The number of ether oxygens (including phenoxy) is 1. The lowest BCUT2D eigenvalue weighted by atomic mass is 9.74. The van der Waals surface area contributed by atoms with Crippen molar-refractivity contribution in [2.24, 2.45) is 5.92 Å². The summed E-state index contributed by atoms with van der Waals surface area (Å²) < 4.78 is 19.2. The predicted molar refractivity (Wildman–Crippen MR) is 143 cm³/mol. The fourth-order valence-electron chi connectivity index (χ4n) is 5.86. The molecule has 1 aliphatic heterocycles. The monoisotopic (exact) mass is 509 g/mol. The molecular formula is C30H40FN3O3. The van der Waals surface area contributed by atoms with E-state index in [4.69, 9.17) is 4.74 Å². The molecule has 1 heterocycles. The number of ketones is 1. The summed E-state index contributed by atoms with van der Waals surface area (Å²) >= 11 is 0. The Morgan fingerprint density at radius 2 is 1.73 bits per heavy atom. The van der Waals surface area contributed by atoms with Gasteiger partial charge in [0.2, 0.25) is 0 Å². The number of amides is 1. The van der Waals surface area contributed by atoms with Crippen LogP contribution in [0.1, 0.15) is 56.6 Å². The van der Waals surface area contributed by atoms with Crippen molar-refractivity contribution in [2.75, 3.05) is 19.6 Å². The average molecular weight is 510 g/mol. The van der Waals surface area contributed by atoms with Crippen molar-refractivity contribution in [3.63, 3.8) is 0 Å². The standard InChI is InChI=1S/C30H40FN3O3/c1-22(35)20-32-26-14-15-28(33-30(36)37-21-24-8-4-2-5-9-24)27(19-26)29(34-16-6-3-7-17-34)18-23-10-12-25(31)13-11-23/h2,4-5,8-13,26-29,32H,3,6-7,14-21H2,1H3,(H,33,36)/t26-,27+,28-,29?/m1/s1. The highest BCUT2D eigenvalue weighted by Crippen LogP contribution is 2.33. The number of rotatable bonds is 10. The van der Waals surface area contributed by atoms with Crippen molar-refractivity contribution in [2.45, 2.75) is 76.6 Å². The Kier molecular flexibility index (Phi) is 10.1. The molecule has 4 rings (SSSR count). The van der Waals surface area contributed by atoms with Gasteiger partial charge >= 0.3 is 6.09 Å². The molecule has 0 bridgehead atoms. The number of benzene rings is 2. The van der Waals surface area contributed by atoms with Gasteiger partial charge in [-0.3, -0.25) is 9.69 Å². The van der Waals surface area contributed by atoms with Gasteiger partial charge in [0.25, 0.3) is 0 Å². The van der Waals surface area contributed by atoms with Crippen molar-refractivity contribution >= 4 is 11.9 Å². The second-order valence-electron chi connectivity index (χ2n) is 10.6. The lowest BCUT2D eigenvalue weighted by molar-refractivity contribution is -0.116. The van der Waals surface area contributed by atoms with Gasteiger partial charge in [0, 0.05) is 18.1 Å². The Labute approximate surface area is 220 Å². The van der Waals surface area contributed by atoms with Crippen molar-refractivity contribution in [3.05, 3.63) is 71.5 Å². The van der Waals surface area contributed by atoms with Crippen LogP contribution in [0.5, 0.6) is 0 Å². The molecule has 6 nitrogen and oxygen atoms in total. The van der Waals surface area contributed by atoms with E-state index in [0.717, 1.165) is 62.7 Å². The minimum atomic E-state index is -0.395. The first-order chi connectivity index (χ1) is 18.0. The van der Waals surface area contributed by atoms with Crippen molar-refractivity contribution < 1.29 is 18.7 Å². The van der Waals surface area contributed by atoms with Crippen LogP contribution in [0.15, 0.2) is 54.6 Å². The molecule has 200 valence electrons. The number of hydrogen-bond donors (Lipinski definition) is 2. The van der Waals surface area contributed by atoms with Gasteiger partial charge in [-0.1, -0.05) is 48.9 Å². The van der Waals surface area contributed by atoms with Crippen LogP contribution >= 0.6 is 0 Å². The van der Waals surface area contributed by atoms with E-state index < -0.39 is 6.09 Å². The Bertz CT molecular complexity index is 995. The molecule has 2 N–H and O–H groups in total. The zero-order chi connectivity index (χ0) is 26.0. The first-order valence-corrected chi connectivity index (χ1v) is 13.7. The molecule has 2 aromatic rings. The van der Waals surface area contributed by atoms with E-state index in [2.05, 4.69) is 15.5 Å². The molecule has 7 heteroatoms. The molecule has 4 atom stereocenters. The molecule has 0 spiro atoms. The number of hydrogen-bond acceptors (Lipinski definition) is 5. The molecule has 0 aromatic heterocycles. The van der Waals surface area contributed by atoms with Crippen LogP contribution in [-0.4, -0.2) is 54.5 Å². The summed E-state index contributed by atoms with van der Waals surface area (Å²) in [7, 11) is 0. The highest BCUT2D eigenvalue weighted by atomic mass is 19.1. The van der Waals surface area contributed by atoms with E-state index in [1.807, 2.05) is 42.5 Å². The fraction of sp³-hybridized carbons (Fsp3) is 0.533. The van der Waals surface area contributed by atoms with Crippen LogP contribution < -0.4 is 10.6 Å². The van der Waals surface area contributed by atoms with Gasteiger partial charge in [0.1, 0.15) is 18.2 Å². The number of likely N-dealkylation sites (tertiary alicyclic amines) is 1. The Hall–Kier alpha value is -2.77. The quantitative estimate of drug-likeness (QED) is 0.479. The van der Waals surface area contributed by atoms with E-state index in [1.165, 1.54) is 18.6 Å². The Balaban J connectivity index is 1.51. The van der Waals surface area contributed by atoms with Gasteiger partial charge in [0.05, 0.1) is 6.54 Å². The molecular weight excluding hydrogens is 469 g/mol. The largest absolute Gasteiger partial charge is 0.445 e. The molecule has 1 amide bonds. The number of Topliss-reactive ketones (excluding diaryl/α,β-unsaturated/α-hetero) is 1. The van der Waals surface area contributed by atoms with Gasteiger partial charge in [-0.15, -0.1) is 0 Å². The summed E-state index contributed by atoms with van der Waals surface area (Å²) in [5, 5.41) is 6.64. The van der Waals surface area contributed by atoms with Crippen LogP contribution in [0.4, 0.5) is 9.18 Å². The number of carbonyl (C=O) groups is 2. The summed E-state index contributed by atoms with van der Waals surface area (Å²) in [6.45, 7) is 4.25. The molecule has 0 radical (unpaired) electrons. The number of halogens is 1. The highest BCUT2D eigenvalue weighted by Gasteiger charge is 2.39. The molecule has 1 unspecified atom stereocenters. The Morgan fingerprint density at radius 3 is 2.43 bits per heavy atom. The summed E-state index contributed by atoms with van der Waals surface area (Å²) in [4.78, 5) is 27.1. The molecule has 2 aliphatic rings. The van der Waals surface area contributed by atoms with E-state index >= 15 is 0 Å². The zero-order valence-electron chi connectivity index (χ0n) is 21.8. The maximum absolute atomic E-state index is 13.6. The van der Waals surface area contributed by atoms with Crippen LogP contribution in [-0.2, 0) is 22.6 Å². The van der Waals surface area contributed by atoms with E-state index in [-0.39, 0.29) is 42.3 Å². The van der Waals surface area contributed by atoms with Crippen LogP contribution in [0.2, 0.25) is 0 Å². The maximum Gasteiger partial charge on any atom is 0.407 e. The van der Waals surface area contributed by atoms with Crippen LogP contribution in [0, 0.1) is 11.7 Å². The van der Waals surface area contributed by atoms with E-state index in [0.29, 0.717) is 6.54 Å². The van der Waals surface area contributed by atoms with Crippen LogP contribution in [0.3, 0.4) is 0 Å². The molecule has 1 aliphatic carbocycles. The summed E-state index contributed by atoms with van der Waals surface area (Å²) in [5.41, 5.74) is 2.05. The number of piperidine rings is 1.